The van der Waals surface area contributed by atoms with E-state index in [1.807, 2.05) is 38.1 Å². The van der Waals surface area contributed by atoms with Gasteiger partial charge in [0.15, 0.2) is 17.6 Å². The first kappa shape index (κ1) is 21.2. The minimum atomic E-state index is -3.67. The summed E-state index contributed by atoms with van der Waals surface area (Å²) < 4.78 is 38.9. The Morgan fingerprint density at radius 3 is 2.58 bits per heavy atom. The smallest absolute Gasteiger partial charge is 0.263 e. The van der Waals surface area contributed by atoms with Crippen LogP contribution in [0.3, 0.4) is 0 Å². The summed E-state index contributed by atoms with van der Waals surface area (Å²) in [4.78, 5) is 19.5. The number of amidine groups is 1. The van der Waals surface area contributed by atoms with E-state index in [-0.39, 0.29) is 28.7 Å². The average Bonchev–Trinajstić information content (AvgIpc) is 3.01. The third kappa shape index (κ3) is 4.23. The third-order valence-corrected chi connectivity index (χ3v) is 6.63. The third-order valence-electron chi connectivity index (χ3n) is 5.24. The number of carbonyl (C=O) groups excluding carboxylic acids is 1. The maximum absolute atomic E-state index is 13.2. The minimum Gasteiger partial charge on any atom is -0.486 e. The Balaban J connectivity index is 1.51. The summed E-state index contributed by atoms with van der Waals surface area (Å²) in [5.41, 5.74) is 0.476. The Morgan fingerprint density at radius 2 is 1.84 bits per heavy atom. The highest BCUT2D eigenvalue weighted by Gasteiger charge is 2.34. The monoisotopic (exact) mass is 443 g/mol. The number of nitrogens with zero attached hydrogens (tertiary/aromatic N) is 2. The van der Waals surface area contributed by atoms with Gasteiger partial charge in [0.2, 0.25) is 5.91 Å². The predicted molar refractivity (Wildman–Crippen MR) is 116 cm³/mol. The molecule has 2 aliphatic rings. The van der Waals surface area contributed by atoms with Crippen molar-refractivity contribution in [2.24, 2.45) is 10.9 Å². The molecule has 2 atom stereocenters. The van der Waals surface area contributed by atoms with E-state index in [0.29, 0.717) is 30.2 Å². The Bertz CT molecular complexity index is 1130. The number of hydrogen-bond donors (Lipinski definition) is 1. The summed E-state index contributed by atoms with van der Waals surface area (Å²) in [6.07, 6.45) is -0.310. The maximum atomic E-state index is 13.2. The Labute approximate surface area is 181 Å². The molecule has 4 rings (SSSR count). The first-order valence-corrected chi connectivity index (χ1v) is 11.6. The fraction of sp³-hybridized carbons (Fsp3) is 0.364. The SMILES string of the molecule is CC(C)[C@H](N=C1NS(=O)(=O)c2ccccc21)C(=O)N(C)CC1COc2ccccc2O1. The molecule has 2 aromatic carbocycles. The lowest BCUT2D eigenvalue weighted by atomic mass is 10.0. The van der Waals surface area contributed by atoms with Gasteiger partial charge in [-0.05, 0) is 30.2 Å². The summed E-state index contributed by atoms with van der Waals surface area (Å²) in [6.45, 7) is 4.42. The van der Waals surface area contributed by atoms with Crippen LogP contribution in [0.25, 0.3) is 0 Å². The number of rotatable bonds is 5. The number of carbonyl (C=O) groups is 1. The summed E-state index contributed by atoms with van der Waals surface area (Å²) in [5, 5.41) is 0. The van der Waals surface area contributed by atoms with Crippen molar-refractivity contribution in [1.82, 2.24) is 9.62 Å². The molecular weight excluding hydrogens is 418 g/mol. The molecule has 2 aliphatic heterocycles. The van der Waals surface area contributed by atoms with Gasteiger partial charge in [0.25, 0.3) is 10.0 Å². The van der Waals surface area contributed by atoms with E-state index in [4.69, 9.17) is 9.47 Å². The van der Waals surface area contributed by atoms with Gasteiger partial charge in [0.1, 0.15) is 18.5 Å². The Morgan fingerprint density at radius 1 is 1.16 bits per heavy atom. The van der Waals surface area contributed by atoms with Gasteiger partial charge in [-0.2, -0.15) is 0 Å². The number of aliphatic imine (C=N–C) groups is 1. The van der Waals surface area contributed by atoms with Crippen molar-refractivity contribution >= 4 is 21.8 Å². The van der Waals surface area contributed by atoms with Gasteiger partial charge in [-0.15, -0.1) is 0 Å². The summed E-state index contributed by atoms with van der Waals surface area (Å²) in [5.74, 6) is 1.18. The number of benzene rings is 2. The minimum absolute atomic E-state index is 0.135. The first-order valence-electron chi connectivity index (χ1n) is 10.1. The second-order valence-corrected chi connectivity index (χ2v) is 9.64. The standard InChI is InChI=1S/C22H25N3O5S/c1-14(2)20(23-21-16-8-4-7-11-19(16)31(27,28)24-21)22(26)25(3)12-15-13-29-17-9-5-6-10-18(17)30-15/h4-11,14-15,20H,12-13H2,1-3H3,(H,23,24)/t15?,20-/m0/s1. The molecular formula is C22H25N3O5S. The number of likely N-dealkylation sites (N-methyl/N-ethyl adjacent to an activating group) is 1. The highest BCUT2D eigenvalue weighted by molar-refractivity contribution is 7.90. The number of ether oxygens (including phenoxy) is 2. The lowest BCUT2D eigenvalue weighted by Crippen LogP contribution is -2.46. The fourth-order valence-corrected chi connectivity index (χ4v) is 4.87. The molecule has 0 aliphatic carbocycles. The van der Waals surface area contributed by atoms with Crippen molar-refractivity contribution < 1.29 is 22.7 Å². The van der Waals surface area contributed by atoms with E-state index >= 15 is 0 Å². The summed E-state index contributed by atoms with van der Waals surface area (Å²) in [6, 6.07) is 13.3. The van der Waals surface area contributed by atoms with Crippen LogP contribution < -0.4 is 14.2 Å². The van der Waals surface area contributed by atoms with Crippen LogP contribution in [-0.2, 0) is 14.8 Å². The zero-order chi connectivity index (χ0) is 22.2. The molecule has 0 bridgehead atoms. The molecule has 164 valence electrons. The average molecular weight is 444 g/mol. The Kier molecular flexibility index (Phi) is 5.62. The predicted octanol–water partition coefficient (Wildman–Crippen LogP) is 2.05. The Hall–Kier alpha value is -3.07. The second kappa shape index (κ2) is 8.22. The van der Waals surface area contributed by atoms with Gasteiger partial charge in [-0.3, -0.25) is 14.5 Å². The number of nitrogens with one attached hydrogen (secondary N) is 1. The molecule has 2 aromatic rings. The number of para-hydroxylation sites is 2. The highest BCUT2D eigenvalue weighted by atomic mass is 32.2. The van der Waals surface area contributed by atoms with Crippen molar-refractivity contribution in [3.8, 4) is 11.5 Å². The molecule has 0 saturated carbocycles. The quantitative estimate of drug-likeness (QED) is 0.763. The van der Waals surface area contributed by atoms with Gasteiger partial charge in [-0.25, -0.2) is 8.42 Å². The van der Waals surface area contributed by atoms with Crippen LogP contribution >= 0.6 is 0 Å². The van der Waals surface area contributed by atoms with E-state index in [9.17, 15) is 13.2 Å². The summed E-state index contributed by atoms with van der Waals surface area (Å²) in [7, 11) is -1.98. The molecule has 1 amide bonds. The molecule has 0 spiro atoms. The van der Waals surface area contributed by atoms with Crippen LogP contribution in [0.5, 0.6) is 11.5 Å². The molecule has 31 heavy (non-hydrogen) atoms. The van der Waals surface area contributed by atoms with E-state index in [1.165, 1.54) is 6.07 Å². The van der Waals surface area contributed by atoms with Gasteiger partial charge >= 0.3 is 0 Å². The fourth-order valence-electron chi connectivity index (χ4n) is 3.63. The number of fused-ring (bicyclic) bond motifs is 2. The van der Waals surface area contributed by atoms with Crippen LogP contribution in [0.2, 0.25) is 0 Å². The first-order chi connectivity index (χ1) is 14.8. The van der Waals surface area contributed by atoms with Crippen molar-refractivity contribution in [2.75, 3.05) is 20.2 Å². The number of sulfonamides is 1. The van der Waals surface area contributed by atoms with Gasteiger partial charge in [0.05, 0.1) is 11.4 Å². The van der Waals surface area contributed by atoms with E-state index in [1.54, 1.807) is 30.1 Å². The molecule has 0 saturated heterocycles. The second-order valence-electron chi connectivity index (χ2n) is 7.98. The topological polar surface area (TPSA) is 97.3 Å². The molecule has 1 N–H and O–H groups in total. The largest absolute Gasteiger partial charge is 0.486 e. The zero-order valence-corrected chi connectivity index (χ0v) is 18.4. The van der Waals surface area contributed by atoms with Gasteiger partial charge in [0, 0.05) is 12.6 Å². The number of hydrogen-bond acceptors (Lipinski definition) is 6. The molecule has 0 fully saturated rings. The molecule has 1 unspecified atom stereocenters. The molecule has 0 aromatic heterocycles. The molecule has 8 nitrogen and oxygen atoms in total. The highest BCUT2D eigenvalue weighted by Crippen LogP contribution is 2.31. The molecule has 0 radical (unpaired) electrons. The normalized spacial score (nSPS) is 20.8. The van der Waals surface area contributed by atoms with Crippen molar-refractivity contribution in [1.29, 1.82) is 0 Å². The van der Waals surface area contributed by atoms with Crippen molar-refractivity contribution in [2.45, 2.75) is 30.9 Å². The lowest BCUT2D eigenvalue weighted by Gasteiger charge is -2.31. The van der Waals surface area contributed by atoms with E-state index in [2.05, 4.69) is 9.71 Å². The van der Waals surface area contributed by atoms with Gasteiger partial charge in [-0.1, -0.05) is 38.1 Å². The summed E-state index contributed by atoms with van der Waals surface area (Å²) >= 11 is 0. The van der Waals surface area contributed by atoms with E-state index < -0.39 is 16.1 Å². The zero-order valence-electron chi connectivity index (χ0n) is 17.6. The van der Waals surface area contributed by atoms with Crippen molar-refractivity contribution in [3.05, 3.63) is 54.1 Å². The van der Waals surface area contributed by atoms with Crippen molar-refractivity contribution in [3.63, 3.8) is 0 Å². The van der Waals surface area contributed by atoms with Crippen LogP contribution in [0, 0.1) is 5.92 Å². The van der Waals surface area contributed by atoms with Crippen LogP contribution in [0.4, 0.5) is 0 Å². The lowest BCUT2D eigenvalue weighted by molar-refractivity contribution is -0.133. The van der Waals surface area contributed by atoms with Crippen LogP contribution in [-0.4, -0.2) is 57.4 Å². The maximum Gasteiger partial charge on any atom is 0.263 e. The molecule has 9 heteroatoms. The van der Waals surface area contributed by atoms with E-state index in [0.717, 1.165) is 0 Å². The molecule has 2 heterocycles. The number of amides is 1. The van der Waals surface area contributed by atoms with Gasteiger partial charge < -0.3 is 14.4 Å². The van der Waals surface area contributed by atoms with Crippen LogP contribution in [0.1, 0.15) is 19.4 Å². The van der Waals surface area contributed by atoms with Crippen LogP contribution in [0.15, 0.2) is 58.4 Å².